The van der Waals surface area contributed by atoms with E-state index >= 15 is 0 Å². The summed E-state index contributed by atoms with van der Waals surface area (Å²) in [6.45, 7) is 2.19. The van der Waals surface area contributed by atoms with Gasteiger partial charge in [0, 0.05) is 18.8 Å². The van der Waals surface area contributed by atoms with Crippen molar-refractivity contribution in [3.63, 3.8) is 0 Å². The molecule has 3 aliphatic rings. The molecule has 4 N–H and O–H groups in total. The molecule has 1 amide bonds. The smallest absolute Gasteiger partial charge is 0.407 e. The lowest BCUT2D eigenvalue weighted by atomic mass is 10.00. The first kappa shape index (κ1) is 33.6. The van der Waals surface area contributed by atoms with Crippen molar-refractivity contribution in [1.29, 1.82) is 0 Å². The van der Waals surface area contributed by atoms with Gasteiger partial charge in [0.15, 0.2) is 6.29 Å². The molecule has 0 bridgehead atoms. The van der Waals surface area contributed by atoms with Crippen LogP contribution in [0.5, 0.6) is 0 Å². The van der Waals surface area contributed by atoms with Crippen LogP contribution in [0.4, 0.5) is 10.5 Å². The van der Waals surface area contributed by atoms with E-state index in [1.165, 1.54) is 6.07 Å². The molecular weight excluding hydrogens is 600 g/mol. The SMILES string of the molecule is CN(C)CCNc1cccc(S(=O)(=O)NC(OC2CCCC2)[C@H](O)[C@H](Cc2ccccc2)NC(=O)O[C@@H]2CO[C@@H]3OCC[C@@H]32)c1. The number of likely N-dealkylation sites (N-methyl/N-ethyl adjacent to an activating group) is 1. The van der Waals surface area contributed by atoms with E-state index in [4.69, 9.17) is 18.9 Å². The molecule has 45 heavy (non-hydrogen) atoms. The van der Waals surface area contributed by atoms with E-state index in [0.717, 1.165) is 44.2 Å². The highest BCUT2D eigenvalue weighted by Gasteiger charge is 2.44. The number of carbonyl (C=O) groups is 1. The highest BCUT2D eigenvalue weighted by Crippen LogP contribution is 2.33. The molecule has 2 aromatic carbocycles. The highest BCUT2D eigenvalue weighted by molar-refractivity contribution is 7.89. The molecule has 2 saturated heterocycles. The first-order valence-corrected chi connectivity index (χ1v) is 17.2. The van der Waals surface area contributed by atoms with Gasteiger partial charge >= 0.3 is 6.09 Å². The zero-order chi connectivity index (χ0) is 31.8. The van der Waals surface area contributed by atoms with Crippen molar-refractivity contribution in [3.8, 4) is 0 Å². The summed E-state index contributed by atoms with van der Waals surface area (Å²) in [7, 11) is -0.207. The Hall–Kier alpha value is -2.78. The van der Waals surface area contributed by atoms with Gasteiger partial charge in [-0.25, -0.2) is 13.2 Å². The van der Waals surface area contributed by atoms with E-state index < -0.39 is 40.6 Å². The Morgan fingerprint density at radius 1 is 1.07 bits per heavy atom. The topological polar surface area (TPSA) is 148 Å². The quantitative estimate of drug-likeness (QED) is 0.213. The third-order valence-electron chi connectivity index (χ3n) is 8.51. The van der Waals surface area contributed by atoms with Crippen molar-refractivity contribution in [3.05, 3.63) is 60.2 Å². The van der Waals surface area contributed by atoms with Crippen LogP contribution in [0.3, 0.4) is 0 Å². The van der Waals surface area contributed by atoms with Crippen molar-refractivity contribution in [2.75, 3.05) is 45.7 Å². The zero-order valence-corrected chi connectivity index (χ0v) is 26.8. The van der Waals surface area contributed by atoms with Crippen LogP contribution in [0.25, 0.3) is 0 Å². The van der Waals surface area contributed by atoms with Gasteiger partial charge in [-0.3, -0.25) is 0 Å². The van der Waals surface area contributed by atoms with Crippen molar-refractivity contribution >= 4 is 21.8 Å². The maximum Gasteiger partial charge on any atom is 0.407 e. The number of hydrogen-bond acceptors (Lipinski definition) is 10. The Morgan fingerprint density at radius 2 is 1.84 bits per heavy atom. The van der Waals surface area contributed by atoms with Gasteiger partial charge in [0.25, 0.3) is 0 Å². The fourth-order valence-corrected chi connectivity index (χ4v) is 7.21. The molecule has 0 radical (unpaired) electrons. The van der Waals surface area contributed by atoms with Gasteiger partial charge in [-0.15, -0.1) is 0 Å². The summed E-state index contributed by atoms with van der Waals surface area (Å²) in [6.07, 6.45) is -0.249. The standard InChI is InChI=1S/C32H46N4O8S/c1-36(2)17-16-33-23-11-8-14-25(20-23)45(39,40)35-30(43-24-12-6-7-13-24)29(37)27(19-22-9-4-3-5-10-22)34-32(38)44-28-21-42-31-26(28)15-18-41-31/h3-5,8-11,14,20,24,26-31,33,35,37H,6-7,12-13,15-19,21H2,1-2H3,(H,34,38)/t26-,27+,28-,29-,30?,31+/m1/s1. The van der Waals surface area contributed by atoms with Crippen LogP contribution >= 0.6 is 0 Å². The number of nitrogens with one attached hydrogen (secondary N) is 3. The van der Waals surface area contributed by atoms with E-state index in [1.807, 2.05) is 49.3 Å². The summed E-state index contributed by atoms with van der Waals surface area (Å²) in [5.41, 5.74) is 1.50. The molecular formula is C32H46N4O8S. The summed E-state index contributed by atoms with van der Waals surface area (Å²) in [5.74, 6) is -0.0494. The Balaban J connectivity index is 1.34. The number of sulfonamides is 1. The minimum atomic E-state index is -4.13. The Kier molecular flexibility index (Phi) is 11.7. The van der Waals surface area contributed by atoms with Gasteiger partial charge in [-0.1, -0.05) is 49.2 Å². The van der Waals surface area contributed by atoms with E-state index in [0.29, 0.717) is 18.8 Å². The van der Waals surface area contributed by atoms with Crippen LogP contribution in [-0.4, -0.2) is 102 Å². The average molecular weight is 647 g/mol. The number of fused-ring (bicyclic) bond motifs is 1. The van der Waals surface area contributed by atoms with Crippen molar-refractivity contribution in [1.82, 2.24) is 14.9 Å². The van der Waals surface area contributed by atoms with E-state index in [9.17, 15) is 18.3 Å². The van der Waals surface area contributed by atoms with Crippen LogP contribution in [0.2, 0.25) is 0 Å². The maximum absolute atomic E-state index is 13.7. The number of rotatable bonds is 15. The number of aliphatic hydroxyl groups excluding tert-OH is 1. The molecule has 6 atom stereocenters. The van der Waals surface area contributed by atoms with E-state index in [1.54, 1.807) is 18.2 Å². The third kappa shape index (κ3) is 9.38. The monoisotopic (exact) mass is 646 g/mol. The minimum absolute atomic E-state index is 0.0334. The van der Waals surface area contributed by atoms with Gasteiger partial charge in [0.2, 0.25) is 10.0 Å². The summed E-state index contributed by atoms with van der Waals surface area (Å²) in [4.78, 5) is 15.3. The number of hydrogen-bond donors (Lipinski definition) is 4. The number of nitrogens with zero attached hydrogens (tertiary/aromatic N) is 1. The van der Waals surface area contributed by atoms with Gasteiger partial charge in [0.1, 0.15) is 18.4 Å². The maximum atomic E-state index is 13.7. The molecule has 1 aliphatic carbocycles. The summed E-state index contributed by atoms with van der Waals surface area (Å²) < 4.78 is 53.2. The third-order valence-corrected chi connectivity index (χ3v) is 9.93. The van der Waals surface area contributed by atoms with Gasteiger partial charge in [-0.2, -0.15) is 4.72 Å². The molecule has 0 aromatic heterocycles. The lowest BCUT2D eigenvalue weighted by Crippen LogP contribution is -2.57. The number of amides is 1. The van der Waals surface area contributed by atoms with E-state index in [2.05, 4.69) is 15.4 Å². The van der Waals surface area contributed by atoms with Crippen molar-refractivity contribution in [2.24, 2.45) is 5.92 Å². The zero-order valence-electron chi connectivity index (χ0n) is 26.0. The second-order valence-corrected chi connectivity index (χ2v) is 14.0. The van der Waals surface area contributed by atoms with Crippen LogP contribution in [-0.2, 0) is 35.4 Å². The minimum Gasteiger partial charge on any atom is -0.443 e. The molecule has 12 nitrogen and oxygen atoms in total. The molecule has 2 aromatic rings. The second kappa shape index (κ2) is 15.7. The Labute approximate surface area is 265 Å². The molecule has 2 aliphatic heterocycles. The number of alkyl carbamates (subject to hydrolysis) is 1. The number of aliphatic hydroxyl groups is 1. The predicted octanol–water partition coefficient (Wildman–Crippen LogP) is 2.68. The van der Waals surface area contributed by atoms with E-state index in [-0.39, 0.29) is 36.2 Å². The number of benzene rings is 2. The highest BCUT2D eigenvalue weighted by atomic mass is 32.2. The fourth-order valence-electron chi connectivity index (χ4n) is 6.03. The first-order valence-electron chi connectivity index (χ1n) is 15.8. The Bertz CT molecular complexity index is 1340. The molecule has 13 heteroatoms. The first-order chi connectivity index (χ1) is 21.7. The number of anilines is 1. The van der Waals surface area contributed by atoms with Gasteiger partial charge in [-0.05, 0) is 63.5 Å². The molecule has 248 valence electrons. The lowest BCUT2D eigenvalue weighted by molar-refractivity contribution is -0.0912. The summed E-state index contributed by atoms with van der Waals surface area (Å²) >= 11 is 0. The molecule has 2 heterocycles. The second-order valence-electron chi connectivity index (χ2n) is 12.2. The van der Waals surface area contributed by atoms with Crippen LogP contribution in [0.15, 0.2) is 59.5 Å². The van der Waals surface area contributed by atoms with Crippen LogP contribution in [0, 0.1) is 5.92 Å². The average Bonchev–Trinajstić information content (AvgIpc) is 3.78. The number of carbonyl (C=O) groups excluding carboxylic acids is 1. The summed E-state index contributed by atoms with van der Waals surface area (Å²) in [6, 6.07) is 14.9. The van der Waals surface area contributed by atoms with Gasteiger partial charge < -0.3 is 39.6 Å². The van der Waals surface area contributed by atoms with Crippen LogP contribution in [0.1, 0.15) is 37.7 Å². The van der Waals surface area contributed by atoms with Gasteiger partial charge in [0.05, 0.1) is 36.2 Å². The van der Waals surface area contributed by atoms with Crippen LogP contribution < -0.4 is 15.4 Å². The largest absolute Gasteiger partial charge is 0.443 e. The molecule has 0 spiro atoms. The molecule has 5 rings (SSSR count). The predicted molar refractivity (Wildman–Crippen MR) is 168 cm³/mol. The molecule has 1 saturated carbocycles. The number of ether oxygens (including phenoxy) is 4. The van der Waals surface area contributed by atoms with Crippen molar-refractivity contribution in [2.45, 2.75) is 80.3 Å². The van der Waals surface area contributed by atoms with Crippen molar-refractivity contribution < 1.29 is 37.3 Å². The fraction of sp³-hybridized carbons (Fsp3) is 0.594. The Morgan fingerprint density at radius 3 is 2.60 bits per heavy atom. The normalized spacial score (nSPS) is 23.9. The molecule has 1 unspecified atom stereocenters. The lowest BCUT2D eigenvalue weighted by Gasteiger charge is -2.33. The molecule has 3 fully saturated rings. The summed E-state index contributed by atoms with van der Waals surface area (Å²) in [5, 5.41) is 17.8.